The Balaban J connectivity index is 1.08. The topological polar surface area (TPSA) is 6.48 Å². The molecule has 13 aromatic carbocycles. The maximum Gasteiger partial charge on any atom is 0.252 e. The van der Waals surface area contributed by atoms with Crippen molar-refractivity contribution >= 4 is 120 Å². The molecule has 0 unspecified atom stereocenters. The van der Waals surface area contributed by atoms with Gasteiger partial charge in [-0.05, 0) is 120 Å². The van der Waals surface area contributed by atoms with Gasteiger partial charge in [-0.15, -0.1) is 22.7 Å². The molecule has 5 heteroatoms. The second-order valence-corrected chi connectivity index (χ2v) is 26.4. The number of hydrogen-bond donors (Lipinski definition) is 0. The summed E-state index contributed by atoms with van der Waals surface area (Å²) in [5.74, 6) is 0. The molecule has 0 aliphatic carbocycles. The number of anilines is 6. The molecule has 0 radical (unpaired) electrons. The largest absolute Gasteiger partial charge is 0.310 e. The molecular formula is C82H57BN2S2. The summed E-state index contributed by atoms with van der Waals surface area (Å²) in [6.45, 7) is 7.00. The smallest absolute Gasteiger partial charge is 0.252 e. The van der Waals surface area contributed by atoms with Crippen LogP contribution in [0.15, 0.2) is 291 Å². The first-order chi connectivity index (χ1) is 42.8. The Hall–Kier alpha value is -10.0. The lowest BCUT2D eigenvalue weighted by atomic mass is 9.33. The highest BCUT2D eigenvalue weighted by molar-refractivity contribution is 7.27. The normalized spacial score (nSPS) is 12.7. The van der Waals surface area contributed by atoms with Gasteiger partial charge in [-0.1, -0.05) is 263 Å². The minimum atomic E-state index is -0.263. The number of hydrogen-bond acceptors (Lipinski definition) is 4. The third-order valence-corrected chi connectivity index (χ3v) is 20.6. The number of fused-ring (bicyclic) bond motifs is 10. The average Bonchev–Trinajstić information content (AvgIpc) is 1.47. The van der Waals surface area contributed by atoms with Crippen LogP contribution in [0.1, 0.15) is 26.3 Å². The van der Waals surface area contributed by atoms with E-state index in [4.69, 9.17) is 0 Å². The van der Waals surface area contributed by atoms with Crippen LogP contribution >= 0.6 is 22.7 Å². The molecule has 2 aliphatic rings. The van der Waals surface area contributed by atoms with Crippen LogP contribution in [0.4, 0.5) is 34.1 Å². The van der Waals surface area contributed by atoms with Crippen molar-refractivity contribution in [3.05, 3.63) is 297 Å². The van der Waals surface area contributed by atoms with Crippen molar-refractivity contribution < 1.29 is 0 Å². The van der Waals surface area contributed by atoms with E-state index in [2.05, 4.69) is 322 Å². The van der Waals surface area contributed by atoms with Gasteiger partial charge in [0.1, 0.15) is 0 Å². The highest BCUT2D eigenvalue weighted by atomic mass is 32.1. The van der Waals surface area contributed by atoms with E-state index < -0.39 is 0 Å². The van der Waals surface area contributed by atoms with Crippen LogP contribution in [-0.4, -0.2) is 6.71 Å². The highest BCUT2D eigenvalue weighted by Crippen LogP contribution is 2.58. The number of nitrogens with zero attached hydrogens (tertiary/aromatic N) is 2. The molecule has 0 saturated heterocycles. The zero-order valence-electron chi connectivity index (χ0n) is 48.5. The van der Waals surface area contributed by atoms with Crippen molar-refractivity contribution in [3.63, 3.8) is 0 Å². The van der Waals surface area contributed by atoms with Crippen LogP contribution in [0.3, 0.4) is 0 Å². The van der Waals surface area contributed by atoms with Crippen LogP contribution in [0.25, 0.3) is 107 Å². The summed E-state index contributed by atoms with van der Waals surface area (Å²) >= 11 is 3.82. The Morgan fingerprint density at radius 2 is 0.632 bits per heavy atom. The summed E-state index contributed by atoms with van der Waals surface area (Å²) in [6.07, 6.45) is 0. The van der Waals surface area contributed by atoms with Gasteiger partial charge < -0.3 is 9.80 Å². The standard InChI is InChI=1S/C82H57BN2S2/c1-82(2,3)60-48-71-77-72(49-60)85(79-64(55-32-16-7-17-33-55)51-66(57-36-20-9-21-37-57)81-76(79)62-39-23-25-41-74(62)87-81)70-45-43-59(53-28-12-5-13-29-53)47-68(70)83(77)67-46-58(52-26-10-4-11-27-52)42-44-69(67)84(71)78-63(54-30-14-6-15-31-54)50-65(56-34-18-8-19-35-56)80-75(78)61-38-22-24-40-73(61)86-80/h4-51H,1-3H3. The molecule has 0 fully saturated rings. The van der Waals surface area contributed by atoms with Gasteiger partial charge in [0.05, 0.1) is 11.4 Å². The molecule has 410 valence electrons. The first-order valence-corrected chi connectivity index (χ1v) is 31.8. The highest BCUT2D eigenvalue weighted by Gasteiger charge is 2.46. The monoisotopic (exact) mass is 1140 g/mol. The summed E-state index contributed by atoms with van der Waals surface area (Å²) in [6, 6.07) is 110. The van der Waals surface area contributed by atoms with Gasteiger partial charge in [-0.2, -0.15) is 0 Å². The fraction of sp³-hybridized carbons (Fsp3) is 0.0488. The molecule has 0 spiro atoms. The molecule has 0 bridgehead atoms. The predicted octanol–water partition coefficient (Wildman–Crippen LogP) is 21.8. The molecule has 0 N–H and O–H groups in total. The van der Waals surface area contributed by atoms with E-state index in [1.54, 1.807) is 0 Å². The van der Waals surface area contributed by atoms with E-state index in [1.165, 1.54) is 163 Å². The van der Waals surface area contributed by atoms with Gasteiger partial charge in [-0.3, -0.25) is 0 Å². The maximum atomic E-state index is 2.73. The quantitative estimate of drug-likeness (QED) is 0.140. The van der Waals surface area contributed by atoms with Crippen LogP contribution in [0, 0.1) is 0 Å². The molecule has 87 heavy (non-hydrogen) atoms. The molecule has 4 heterocycles. The van der Waals surface area contributed by atoms with E-state index in [9.17, 15) is 0 Å². The van der Waals surface area contributed by atoms with Crippen molar-refractivity contribution in [3.8, 4) is 66.8 Å². The van der Waals surface area contributed by atoms with E-state index in [0.29, 0.717) is 0 Å². The van der Waals surface area contributed by atoms with Crippen LogP contribution in [0.2, 0.25) is 0 Å². The maximum absolute atomic E-state index is 2.73. The molecule has 0 saturated carbocycles. The zero-order valence-corrected chi connectivity index (χ0v) is 50.1. The molecular weight excluding hydrogens is 1090 g/mol. The van der Waals surface area contributed by atoms with Crippen LogP contribution in [-0.2, 0) is 5.41 Å². The van der Waals surface area contributed by atoms with Crippen molar-refractivity contribution in [1.29, 1.82) is 0 Å². The summed E-state index contributed by atoms with van der Waals surface area (Å²) < 4.78 is 5.09. The zero-order chi connectivity index (χ0) is 57.9. The minimum Gasteiger partial charge on any atom is -0.310 e. The lowest BCUT2D eigenvalue weighted by Crippen LogP contribution is -2.61. The van der Waals surface area contributed by atoms with Crippen LogP contribution < -0.4 is 26.2 Å². The number of thiophene rings is 2. The first-order valence-electron chi connectivity index (χ1n) is 30.2. The Kier molecular flexibility index (Phi) is 12.0. The van der Waals surface area contributed by atoms with E-state index in [0.717, 1.165) is 0 Å². The van der Waals surface area contributed by atoms with Crippen molar-refractivity contribution in [1.82, 2.24) is 0 Å². The Morgan fingerprint density at radius 1 is 0.299 bits per heavy atom. The summed E-state index contributed by atoms with van der Waals surface area (Å²) in [5.41, 5.74) is 26.3. The first kappa shape index (κ1) is 51.4. The second kappa shape index (κ2) is 20.3. The lowest BCUT2D eigenvalue weighted by Gasteiger charge is -2.46. The molecule has 2 aromatic heterocycles. The molecule has 2 nitrogen and oxygen atoms in total. The molecule has 0 amide bonds. The van der Waals surface area contributed by atoms with Gasteiger partial charge in [0.2, 0.25) is 0 Å². The third kappa shape index (κ3) is 8.29. The van der Waals surface area contributed by atoms with Crippen molar-refractivity contribution in [2.75, 3.05) is 9.80 Å². The Bertz CT molecular complexity index is 4870. The fourth-order valence-electron chi connectivity index (χ4n) is 14.1. The second-order valence-electron chi connectivity index (χ2n) is 24.3. The fourth-order valence-corrected chi connectivity index (χ4v) is 16.6. The SMILES string of the molecule is CC(C)(C)c1cc2c3c(c1)N(c1c(-c4ccccc4)cc(-c4ccccc4)c4sc5ccccc5c14)c1ccc(-c4ccccc4)cc1B3c1cc(-c3ccccc3)ccc1N2c1c(-c2ccccc2)cc(-c2ccccc2)c2sc3ccccc3c12. The minimum absolute atomic E-state index is 0.175. The Labute approximate surface area is 516 Å². The van der Waals surface area contributed by atoms with Gasteiger partial charge in [-0.25, -0.2) is 0 Å². The van der Waals surface area contributed by atoms with E-state index in [1.807, 2.05) is 22.7 Å². The summed E-state index contributed by atoms with van der Waals surface area (Å²) in [5, 5.41) is 5.03. The summed E-state index contributed by atoms with van der Waals surface area (Å²) in [7, 11) is 0. The molecule has 2 aliphatic heterocycles. The molecule has 0 atom stereocenters. The van der Waals surface area contributed by atoms with Gasteiger partial charge in [0.25, 0.3) is 6.71 Å². The van der Waals surface area contributed by atoms with E-state index in [-0.39, 0.29) is 12.1 Å². The van der Waals surface area contributed by atoms with Gasteiger partial charge >= 0.3 is 0 Å². The molecule has 17 rings (SSSR count). The average molecular weight is 1150 g/mol. The Morgan fingerprint density at radius 3 is 1.00 bits per heavy atom. The van der Waals surface area contributed by atoms with Crippen LogP contribution in [0.5, 0.6) is 0 Å². The lowest BCUT2D eigenvalue weighted by molar-refractivity contribution is 0.590. The van der Waals surface area contributed by atoms with Crippen molar-refractivity contribution in [2.24, 2.45) is 0 Å². The molecule has 15 aromatic rings. The van der Waals surface area contributed by atoms with E-state index >= 15 is 0 Å². The van der Waals surface area contributed by atoms with Crippen molar-refractivity contribution in [2.45, 2.75) is 26.2 Å². The predicted molar refractivity (Wildman–Crippen MR) is 378 cm³/mol. The van der Waals surface area contributed by atoms with Gasteiger partial charge in [0, 0.05) is 85.3 Å². The van der Waals surface area contributed by atoms with Gasteiger partial charge in [0.15, 0.2) is 0 Å². The third-order valence-electron chi connectivity index (χ3n) is 18.2. The summed E-state index contributed by atoms with van der Waals surface area (Å²) in [4.78, 5) is 5.45. The number of benzene rings is 13. The number of rotatable bonds is 8.